The fourth-order valence-corrected chi connectivity index (χ4v) is 5.80. The standard InChI is InChI=1S/C17H24N4O4S2/c1-11-7-14(12(2)21(11)13-5-6-27(23,24)10-13)15(22)9-26-17-19-18-16(25-17)8-20(3)4/h7,13H,5-6,8-10H2,1-4H3/t13-/m1/s1. The van der Waals surface area contributed by atoms with Gasteiger partial charge in [-0.3, -0.25) is 4.79 Å². The van der Waals surface area contributed by atoms with Gasteiger partial charge < -0.3 is 13.9 Å². The zero-order valence-electron chi connectivity index (χ0n) is 15.9. The van der Waals surface area contributed by atoms with Crippen LogP contribution in [-0.4, -0.2) is 65.2 Å². The SMILES string of the molecule is Cc1cc(C(=O)CSc2nnc(CN(C)C)o2)c(C)n1[C@@H]1CCS(=O)(=O)C1. The van der Waals surface area contributed by atoms with Crippen LogP contribution < -0.4 is 0 Å². The van der Waals surface area contributed by atoms with Gasteiger partial charge in [0.2, 0.25) is 5.89 Å². The molecule has 0 N–H and O–H groups in total. The molecule has 2 aromatic heterocycles. The smallest absolute Gasteiger partial charge is 0.277 e. The number of hydrogen-bond donors (Lipinski definition) is 0. The molecule has 1 aliphatic heterocycles. The zero-order valence-corrected chi connectivity index (χ0v) is 17.6. The summed E-state index contributed by atoms with van der Waals surface area (Å²) in [5.74, 6) is 1.02. The van der Waals surface area contributed by atoms with Crippen molar-refractivity contribution in [1.82, 2.24) is 19.7 Å². The average molecular weight is 413 g/mol. The van der Waals surface area contributed by atoms with Crippen LogP contribution in [0, 0.1) is 13.8 Å². The maximum Gasteiger partial charge on any atom is 0.277 e. The van der Waals surface area contributed by atoms with Crippen molar-refractivity contribution < 1.29 is 17.6 Å². The quantitative estimate of drug-likeness (QED) is 0.502. The van der Waals surface area contributed by atoms with Crippen molar-refractivity contribution >= 4 is 27.4 Å². The van der Waals surface area contributed by atoms with Crippen molar-refractivity contribution in [3.8, 4) is 0 Å². The van der Waals surface area contributed by atoms with Crippen LogP contribution in [0.3, 0.4) is 0 Å². The van der Waals surface area contributed by atoms with Crippen molar-refractivity contribution in [1.29, 1.82) is 0 Å². The number of rotatable bonds is 7. The van der Waals surface area contributed by atoms with Crippen LogP contribution in [-0.2, 0) is 16.4 Å². The maximum atomic E-state index is 12.7. The molecule has 0 bridgehead atoms. The van der Waals surface area contributed by atoms with E-state index in [-0.39, 0.29) is 29.1 Å². The first-order chi connectivity index (χ1) is 12.7. The molecule has 1 aliphatic rings. The molecule has 0 unspecified atom stereocenters. The molecule has 0 amide bonds. The van der Waals surface area contributed by atoms with E-state index in [9.17, 15) is 13.2 Å². The summed E-state index contributed by atoms with van der Waals surface area (Å²) in [5, 5.41) is 8.28. The molecule has 10 heteroatoms. The minimum atomic E-state index is -2.98. The van der Waals surface area contributed by atoms with Crippen molar-refractivity contribution in [3.05, 3.63) is 28.9 Å². The van der Waals surface area contributed by atoms with Gasteiger partial charge in [-0.15, -0.1) is 10.2 Å². The van der Waals surface area contributed by atoms with E-state index >= 15 is 0 Å². The van der Waals surface area contributed by atoms with Gasteiger partial charge in [0.1, 0.15) is 0 Å². The van der Waals surface area contributed by atoms with E-state index < -0.39 is 9.84 Å². The predicted molar refractivity (Wildman–Crippen MR) is 103 cm³/mol. The molecule has 1 fully saturated rings. The van der Waals surface area contributed by atoms with E-state index in [1.165, 1.54) is 11.8 Å². The highest BCUT2D eigenvalue weighted by atomic mass is 32.2. The molecule has 1 saturated heterocycles. The third-order valence-corrected chi connectivity index (χ3v) is 7.15. The fraction of sp³-hybridized carbons (Fsp3) is 0.588. The summed E-state index contributed by atoms with van der Waals surface area (Å²) in [6.07, 6.45) is 0.595. The Morgan fingerprint density at radius 1 is 1.37 bits per heavy atom. The van der Waals surface area contributed by atoms with Crippen LogP contribution in [0.1, 0.15) is 40.1 Å². The summed E-state index contributed by atoms with van der Waals surface area (Å²) in [6, 6.07) is 1.75. The molecular weight excluding hydrogens is 388 g/mol. The van der Waals surface area contributed by atoms with Crippen molar-refractivity contribution in [3.63, 3.8) is 0 Å². The van der Waals surface area contributed by atoms with Crippen molar-refractivity contribution in [2.45, 2.75) is 38.1 Å². The van der Waals surface area contributed by atoms with Crippen LogP contribution in [0.4, 0.5) is 0 Å². The molecule has 27 heavy (non-hydrogen) atoms. The van der Waals surface area contributed by atoms with Crippen molar-refractivity contribution in [2.24, 2.45) is 0 Å². The topological polar surface area (TPSA) is 98.3 Å². The second kappa shape index (κ2) is 7.76. The Hall–Kier alpha value is -1.65. The van der Waals surface area contributed by atoms with Crippen LogP contribution >= 0.6 is 11.8 Å². The number of ketones is 1. The minimum Gasteiger partial charge on any atom is -0.415 e. The molecule has 1 atom stereocenters. The number of thioether (sulfide) groups is 1. The van der Waals surface area contributed by atoms with Crippen LogP contribution in [0.5, 0.6) is 0 Å². The van der Waals surface area contributed by atoms with Crippen LogP contribution in [0.2, 0.25) is 0 Å². The third-order valence-electron chi connectivity index (χ3n) is 4.58. The maximum absolute atomic E-state index is 12.7. The van der Waals surface area contributed by atoms with Gasteiger partial charge in [-0.25, -0.2) is 8.42 Å². The van der Waals surface area contributed by atoms with E-state index in [1.807, 2.05) is 43.5 Å². The molecule has 0 aromatic carbocycles. The number of aryl methyl sites for hydroxylation is 1. The van der Waals surface area contributed by atoms with E-state index in [0.29, 0.717) is 29.6 Å². The molecular formula is C17H24N4O4S2. The van der Waals surface area contributed by atoms with Crippen LogP contribution in [0.25, 0.3) is 0 Å². The average Bonchev–Trinajstić information content (AvgIpc) is 3.23. The lowest BCUT2D eigenvalue weighted by Gasteiger charge is -2.16. The molecule has 0 aliphatic carbocycles. The summed E-state index contributed by atoms with van der Waals surface area (Å²) in [6.45, 7) is 4.33. The van der Waals surface area contributed by atoms with Gasteiger partial charge in [0, 0.05) is 23.0 Å². The predicted octanol–water partition coefficient (Wildman–Crippen LogP) is 1.88. The molecule has 148 valence electrons. The molecule has 0 radical (unpaired) electrons. The molecule has 0 spiro atoms. The third kappa shape index (κ3) is 4.61. The second-order valence-corrected chi connectivity index (χ2v) is 10.3. The number of nitrogens with zero attached hydrogens (tertiary/aromatic N) is 4. The Balaban J connectivity index is 1.69. The summed E-state index contributed by atoms with van der Waals surface area (Å²) in [4.78, 5) is 14.6. The zero-order chi connectivity index (χ0) is 19.8. The normalized spacial score (nSPS) is 19.1. The number of carbonyl (C=O) groups is 1. The first kappa shape index (κ1) is 20.1. The first-order valence-corrected chi connectivity index (χ1v) is 11.5. The molecule has 8 nitrogen and oxygen atoms in total. The van der Waals surface area contributed by atoms with Crippen molar-refractivity contribution in [2.75, 3.05) is 31.4 Å². The Morgan fingerprint density at radius 3 is 2.74 bits per heavy atom. The summed E-state index contributed by atoms with van der Waals surface area (Å²) >= 11 is 1.21. The summed E-state index contributed by atoms with van der Waals surface area (Å²) in [5.41, 5.74) is 2.35. The Bertz CT molecular complexity index is 946. The molecule has 3 heterocycles. The van der Waals surface area contributed by atoms with E-state index in [0.717, 1.165) is 11.4 Å². The Labute approximate surface area is 163 Å². The van der Waals surface area contributed by atoms with Gasteiger partial charge in [0.05, 0.1) is 23.8 Å². The minimum absolute atomic E-state index is 0.0347. The van der Waals surface area contributed by atoms with Gasteiger partial charge in [0.15, 0.2) is 15.6 Å². The van der Waals surface area contributed by atoms with Gasteiger partial charge in [-0.1, -0.05) is 11.8 Å². The van der Waals surface area contributed by atoms with E-state index in [1.54, 1.807) is 0 Å². The van der Waals surface area contributed by atoms with Gasteiger partial charge in [-0.05, 0) is 40.4 Å². The number of sulfone groups is 1. The van der Waals surface area contributed by atoms with Gasteiger partial charge >= 0.3 is 0 Å². The number of Topliss-reactive ketones (excluding diaryl/α,β-unsaturated/α-hetero) is 1. The fourth-order valence-electron chi connectivity index (χ4n) is 3.44. The highest BCUT2D eigenvalue weighted by Gasteiger charge is 2.31. The van der Waals surface area contributed by atoms with Gasteiger partial charge in [0.25, 0.3) is 5.22 Å². The molecule has 0 saturated carbocycles. The lowest BCUT2D eigenvalue weighted by Crippen LogP contribution is -2.14. The number of carbonyl (C=O) groups excluding carboxylic acids is 1. The lowest BCUT2D eigenvalue weighted by molar-refractivity contribution is 0.102. The second-order valence-electron chi connectivity index (χ2n) is 7.12. The monoisotopic (exact) mass is 412 g/mol. The summed E-state index contributed by atoms with van der Waals surface area (Å²) in [7, 11) is 0.836. The molecule has 2 aromatic rings. The molecule has 3 rings (SSSR count). The van der Waals surface area contributed by atoms with E-state index in [2.05, 4.69) is 10.2 Å². The Morgan fingerprint density at radius 2 is 2.11 bits per heavy atom. The highest BCUT2D eigenvalue weighted by Crippen LogP contribution is 2.30. The lowest BCUT2D eigenvalue weighted by atomic mass is 10.2. The highest BCUT2D eigenvalue weighted by molar-refractivity contribution is 7.99. The largest absolute Gasteiger partial charge is 0.415 e. The number of hydrogen-bond acceptors (Lipinski definition) is 8. The first-order valence-electron chi connectivity index (χ1n) is 8.68. The summed E-state index contributed by atoms with van der Waals surface area (Å²) < 4.78 is 31.1. The van der Waals surface area contributed by atoms with Gasteiger partial charge in [-0.2, -0.15) is 0 Å². The Kier molecular flexibility index (Phi) is 5.78. The van der Waals surface area contributed by atoms with Crippen LogP contribution in [0.15, 0.2) is 15.7 Å². The van der Waals surface area contributed by atoms with E-state index in [4.69, 9.17) is 4.42 Å². The number of aromatic nitrogens is 3.